The van der Waals surface area contributed by atoms with Crippen LogP contribution in [0.15, 0.2) is 75.8 Å². The predicted molar refractivity (Wildman–Crippen MR) is 109 cm³/mol. The molecule has 29 heavy (non-hydrogen) atoms. The molecule has 0 amide bonds. The minimum Gasteiger partial charge on any atom is -0.457 e. The van der Waals surface area contributed by atoms with Crippen molar-refractivity contribution >= 4 is 11.1 Å². The monoisotopic (exact) mass is 385 g/mol. The quantitative estimate of drug-likeness (QED) is 0.470. The third-order valence-electron chi connectivity index (χ3n) is 4.91. The topological polar surface area (TPSA) is 77.2 Å². The van der Waals surface area contributed by atoms with Gasteiger partial charge in [0.15, 0.2) is 11.3 Å². The number of aryl methyl sites for hydroxylation is 1. The lowest BCUT2D eigenvalue weighted by Crippen LogP contribution is -2.01. The van der Waals surface area contributed by atoms with Crippen LogP contribution >= 0.6 is 0 Å². The number of aliphatic hydroxyl groups excluding tert-OH is 1. The smallest absolute Gasteiger partial charge is 0.215 e. The molecule has 5 rings (SSSR count). The zero-order valence-corrected chi connectivity index (χ0v) is 15.9. The van der Waals surface area contributed by atoms with Crippen molar-refractivity contribution in [3.8, 4) is 22.7 Å². The second-order valence-corrected chi connectivity index (χ2v) is 6.89. The van der Waals surface area contributed by atoms with Crippen molar-refractivity contribution in [1.82, 2.24) is 14.5 Å². The highest BCUT2D eigenvalue weighted by Gasteiger charge is 2.20. The molecule has 0 aliphatic rings. The maximum Gasteiger partial charge on any atom is 0.215 e. The van der Waals surface area contributed by atoms with Crippen LogP contribution in [0.1, 0.15) is 17.2 Å². The van der Waals surface area contributed by atoms with Crippen LogP contribution < -0.4 is 0 Å². The molecular formula is C23H19N3O3. The molecule has 0 bridgehead atoms. The average Bonchev–Trinajstić information content (AvgIpc) is 3.47. The van der Waals surface area contributed by atoms with E-state index in [0.717, 1.165) is 33.6 Å². The molecule has 144 valence electrons. The molecular weight excluding hydrogens is 366 g/mol. The number of hydrogen-bond acceptors (Lipinski definition) is 5. The summed E-state index contributed by atoms with van der Waals surface area (Å²) in [5, 5.41) is 9.40. The summed E-state index contributed by atoms with van der Waals surface area (Å²) in [5.41, 5.74) is 5.31. The van der Waals surface area contributed by atoms with Crippen molar-refractivity contribution in [2.45, 2.75) is 20.1 Å². The van der Waals surface area contributed by atoms with E-state index in [9.17, 15) is 5.11 Å². The lowest BCUT2D eigenvalue weighted by atomic mass is 10.1. The van der Waals surface area contributed by atoms with Gasteiger partial charge < -0.3 is 18.5 Å². The molecule has 5 aromatic rings. The fraction of sp³-hybridized carbons (Fsp3) is 0.130. The van der Waals surface area contributed by atoms with Crippen LogP contribution in [0, 0.1) is 6.92 Å². The molecule has 0 saturated heterocycles. The number of imidazole rings is 1. The molecule has 0 radical (unpaired) electrons. The van der Waals surface area contributed by atoms with Crippen LogP contribution in [-0.4, -0.2) is 19.6 Å². The Bertz CT molecular complexity index is 1280. The molecule has 1 N–H and O–H groups in total. The van der Waals surface area contributed by atoms with Gasteiger partial charge >= 0.3 is 0 Å². The van der Waals surface area contributed by atoms with Crippen LogP contribution in [0.5, 0.6) is 0 Å². The molecule has 0 aliphatic heterocycles. The van der Waals surface area contributed by atoms with Gasteiger partial charge in [0.2, 0.25) is 5.89 Å². The number of oxazole rings is 1. The summed E-state index contributed by atoms with van der Waals surface area (Å²) in [6, 6.07) is 19.5. The number of para-hydroxylation sites is 1. The minimum absolute atomic E-state index is 0.154. The molecule has 0 fully saturated rings. The molecule has 6 nitrogen and oxygen atoms in total. The van der Waals surface area contributed by atoms with Crippen molar-refractivity contribution < 1.29 is 13.9 Å². The number of benzene rings is 2. The van der Waals surface area contributed by atoms with Crippen molar-refractivity contribution in [3.05, 3.63) is 84.2 Å². The molecule has 6 heteroatoms. The first kappa shape index (κ1) is 17.5. The zero-order valence-electron chi connectivity index (χ0n) is 15.9. The third kappa shape index (κ3) is 3.13. The maximum atomic E-state index is 9.40. The van der Waals surface area contributed by atoms with E-state index < -0.39 is 0 Å². The van der Waals surface area contributed by atoms with Gasteiger partial charge in [-0.25, -0.2) is 9.97 Å². The number of hydrogen-bond donors (Lipinski definition) is 1. The highest BCUT2D eigenvalue weighted by molar-refractivity contribution is 5.77. The van der Waals surface area contributed by atoms with E-state index in [1.807, 2.05) is 66.1 Å². The summed E-state index contributed by atoms with van der Waals surface area (Å²) in [5.74, 6) is 1.74. The van der Waals surface area contributed by atoms with E-state index >= 15 is 0 Å². The Morgan fingerprint density at radius 3 is 2.59 bits per heavy atom. The molecule has 0 atom stereocenters. The van der Waals surface area contributed by atoms with E-state index in [-0.39, 0.29) is 6.61 Å². The van der Waals surface area contributed by atoms with Gasteiger partial charge in [-0.05, 0) is 30.7 Å². The van der Waals surface area contributed by atoms with Crippen molar-refractivity contribution in [1.29, 1.82) is 0 Å². The predicted octanol–water partition coefficient (Wildman–Crippen LogP) is 4.80. The fourth-order valence-corrected chi connectivity index (χ4v) is 3.50. The Balaban J connectivity index is 1.62. The van der Waals surface area contributed by atoms with Gasteiger partial charge in [0.25, 0.3) is 0 Å². The zero-order chi connectivity index (χ0) is 19.8. The highest BCUT2D eigenvalue weighted by atomic mass is 16.4. The summed E-state index contributed by atoms with van der Waals surface area (Å²) in [6.07, 6.45) is 1.76. The molecule has 0 saturated carbocycles. The second-order valence-electron chi connectivity index (χ2n) is 6.89. The molecule has 2 aromatic carbocycles. The van der Waals surface area contributed by atoms with Gasteiger partial charge in [-0.2, -0.15) is 0 Å². The SMILES string of the molecule is Cc1cccc2oc(Cn3cnc(-c4ccccc4)c3-c3ccc(CO)o3)nc12. The number of aliphatic hydroxyl groups is 1. The van der Waals surface area contributed by atoms with Gasteiger partial charge in [0, 0.05) is 5.56 Å². The van der Waals surface area contributed by atoms with E-state index in [2.05, 4.69) is 9.97 Å². The maximum absolute atomic E-state index is 9.40. The lowest BCUT2D eigenvalue weighted by Gasteiger charge is -2.07. The third-order valence-corrected chi connectivity index (χ3v) is 4.91. The van der Waals surface area contributed by atoms with Gasteiger partial charge in [-0.15, -0.1) is 0 Å². The van der Waals surface area contributed by atoms with Gasteiger partial charge in [0.05, 0.1) is 12.0 Å². The standard InChI is InChI=1S/C23H19N3O3/c1-15-6-5-9-18-21(15)25-20(29-18)12-26-14-24-22(16-7-3-2-4-8-16)23(26)19-11-10-17(13-27)28-19/h2-11,14,27H,12-13H2,1H3. The Morgan fingerprint density at radius 1 is 0.966 bits per heavy atom. The highest BCUT2D eigenvalue weighted by Crippen LogP contribution is 2.33. The summed E-state index contributed by atoms with van der Waals surface area (Å²) in [7, 11) is 0. The Morgan fingerprint density at radius 2 is 1.83 bits per heavy atom. The normalized spacial score (nSPS) is 11.4. The average molecular weight is 385 g/mol. The fourth-order valence-electron chi connectivity index (χ4n) is 3.50. The van der Waals surface area contributed by atoms with Gasteiger partial charge in [0.1, 0.15) is 30.1 Å². The molecule has 0 unspecified atom stereocenters. The number of rotatable bonds is 5. The van der Waals surface area contributed by atoms with Crippen molar-refractivity contribution in [2.75, 3.05) is 0 Å². The van der Waals surface area contributed by atoms with Gasteiger partial charge in [-0.3, -0.25) is 0 Å². The molecule has 3 heterocycles. The Hall–Kier alpha value is -3.64. The molecule has 0 spiro atoms. The second kappa shape index (κ2) is 7.07. The van der Waals surface area contributed by atoms with Crippen LogP contribution in [0.2, 0.25) is 0 Å². The lowest BCUT2D eigenvalue weighted by molar-refractivity contribution is 0.248. The summed E-state index contributed by atoms with van der Waals surface area (Å²) >= 11 is 0. The van der Waals surface area contributed by atoms with E-state index in [4.69, 9.17) is 8.83 Å². The summed E-state index contributed by atoms with van der Waals surface area (Å²) in [6.45, 7) is 2.28. The summed E-state index contributed by atoms with van der Waals surface area (Å²) < 4.78 is 13.7. The van der Waals surface area contributed by atoms with Crippen LogP contribution in [-0.2, 0) is 13.2 Å². The number of nitrogens with zero attached hydrogens (tertiary/aromatic N) is 3. The van der Waals surface area contributed by atoms with E-state index in [1.54, 1.807) is 12.4 Å². The number of furan rings is 1. The van der Waals surface area contributed by atoms with E-state index in [1.165, 1.54) is 0 Å². The van der Waals surface area contributed by atoms with Crippen molar-refractivity contribution in [3.63, 3.8) is 0 Å². The van der Waals surface area contributed by atoms with Crippen LogP contribution in [0.4, 0.5) is 0 Å². The van der Waals surface area contributed by atoms with Gasteiger partial charge in [-0.1, -0.05) is 42.5 Å². The first-order chi connectivity index (χ1) is 14.2. The van der Waals surface area contributed by atoms with Crippen LogP contribution in [0.3, 0.4) is 0 Å². The largest absolute Gasteiger partial charge is 0.457 e. The first-order valence-electron chi connectivity index (χ1n) is 9.38. The first-order valence-corrected chi connectivity index (χ1v) is 9.38. The van der Waals surface area contributed by atoms with E-state index in [0.29, 0.717) is 24.0 Å². The minimum atomic E-state index is -0.154. The Kier molecular flexibility index (Phi) is 4.26. The number of fused-ring (bicyclic) bond motifs is 1. The van der Waals surface area contributed by atoms with Crippen molar-refractivity contribution in [2.24, 2.45) is 0 Å². The molecule has 0 aliphatic carbocycles. The van der Waals surface area contributed by atoms with Crippen LogP contribution in [0.25, 0.3) is 33.8 Å². The molecule has 3 aromatic heterocycles. The Labute approximate surface area is 167 Å². The summed E-state index contributed by atoms with van der Waals surface area (Å²) in [4.78, 5) is 9.30. The number of aromatic nitrogens is 3.